The van der Waals surface area contributed by atoms with Crippen molar-refractivity contribution in [1.82, 2.24) is 9.55 Å². The van der Waals surface area contributed by atoms with Crippen molar-refractivity contribution >= 4 is 29.2 Å². The molecule has 0 radical (unpaired) electrons. The van der Waals surface area contributed by atoms with Crippen LogP contribution in [-0.2, 0) is 0 Å². The van der Waals surface area contributed by atoms with Gasteiger partial charge in [-0.25, -0.2) is 4.98 Å². The molecule has 0 aliphatic rings. The summed E-state index contributed by atoms with van der Waals surface area (Å²) in [7, 11) is 0. The van der Waals surface area contributed by atoms with E-state index in [4.69, 9.17) is 23.2 Å². The van der Waals surface area contributed by atoms with Crippen LogP contribution in [-0.4, -0.2) is 16.1 Å². The van der Waals surface area contributed by atoms with Crippen molar-refractivity contribution in [2.24, 2.45) is 0 Å². The zero-order chi connectivity index (χ0) is 12.3. The summed E-state index contributed by atoms with van der Waals surface area (Å²) in [6.45, 7) is 4.28. The predicted molar refractivity (Wildman–Crippen MR) is 72.3 cm³/mol. The van der Waals surface area contributed by atoms with Crippen LogP contribution in [0.25, 0.3) is 5.69 Å². The summed E-state index contributed by atoms with van der Waals surface area (Å²) < 4.78 is 1.84. The van der Waals surface area contributed by atoms with E-state index in [0.29, 0.717) is 22.5 Å². The Balaban J connectivity index is 2.42. The van der Waals surface area contributed by atoms with Gasteiger partial charge in [-0.15, -0.1) is 6.58 Å². The van der Waals surface area contributed by atoms with Crippen LogP contribution < -0.4 is 5.32 Å². The SMILES string of the molecule is C=CCNc1nccn1-c1cccc(Cl)c1Cl. The zero-order valence-corrected chi connectivity index (χ0v) is 10.5. The van der Waals surface area contributed by atoms with Gasteiger partial charge in [-0.05, 0) is 12.1 Å². The van der Waals surface area contributed by atoms with Crippen molar-refractivity contribution in [3.05, 3.63) is 53.3 Å². The van der Waals surface area contributed by atoms with Gasteiger partial charge in [0.2, 0.25) is 5.95 Å². The Morgan fingerprint density at radius 1 is 1.41 bits per heavy atom. The first-order valence-corrected chi connectivity index (χ1v) is 5.82. The van der Waals surface area contributed by atoms with E-state index in [9.17, 15) is 0 Å². The van der Waals surface area contributed by atoms with Crippen molar-refractivity contribution in [3.63, 3.8) is 0 Å². The second kappa shape index (κ2) is 5.25. The number of rotatable bonds is 4. The third kappa shape index (κ3) is 2.46. The predicted octanol–water partition coefficient (Wildman–Crippen LogP) is 3.78. The summed E-state index contributed by atoms with van der Waals surface area (Å²) in [5, 5.41) is 4.15. The highest BCUT2D eigenvalue weighted by Gasteiger charge is 2.09. The van der Waals surface area contributed by atoms with Gasteiger partial charge >= 0.3 is 0 Å². The van der Waals surface area contributed by atoms with Gasteiger partial charge < -0.3 is 5.32 Å². The molecule has 0 spiro atoms. The molecular formula is C12H11Cl2N3. The summed E-state index contributed by atoms with van der Waals surface area (Å²) in [6.07, 6.45) is 5.28. The molecule has 0 atom stereocenters. The van der Waals surface area contributed by atoms with Crippen molar-refractivity contribution in [3.8, 4) is 5.69 Å². The Kier molecular flexibility index (Phi) is 3.71. The first-order valence-electron chi connectivity index (χ1n) is 5.06. The number of anilines is 1. The van der Waals surface area contributed by atoms with Crippen LogP contribution in [0.5, 0.6) is 0 Å². The van der Waals surface area contributed by atoms with E-state index in [1.54, 1.807) is 18.3 Å². The van der Waals surface area contributed by atoms with Gasteiger partial charge in [0, 0.05) is 18.9 Å². The largest absolute Gasteiger partial charge is 0.352 e. The van der Waals surface area contributed by atoms with Gasteiger partial charge in [-0.3, -0.25) is 4.57 Å². The molecule has 2 rings (SSSR count). The van der Waals surface area contributed by atoms with Crippen molar-refractivity contribution in [2.45, 2.75) is 0 Å². The Hall–Kier alpha value is -1.45. The summed E-state index contributed by atoms with van der Waals surface area (Å²) in [4.78, 5) is 4.20. The minimum atomic E-state index is 0.508. The van der Waals surface area contributed by atoms with E-state index < -0.39 is 0 Å². The number of aromatic nitrogens is 2. The van der Waals surface area contributed by atoms with E-state index in [1.165, 1.54) is 0 Å². The highest BCUT2D eigenvalue weighted by atomic mass is 35.5. The normalized spacial score (nSPS) is 10.2. The van der Waals surface area contributed by atoms with Crippen LogP contribution in [0.1, 0.15) is 0 Å². The van der Waals surface area contributed by atoms with Crippen LogP contribution >= 0.6 is 23.2 Å². The van der Waals surface area contributed by atoms with Crippen LogP contribution in [0.3, 0.4) is 0 Å². The number of nitrogens with one attached hydrogen (secondary N) is 1. The lowest BCUT2D eigenvalue weighted by Gasteiger charge is -2.10. The van der Waals surface area contributed by atoms with Gasteiger partial charge in [0.05, 0.1) is 15.7 Å². The first-order chi connectivity index (χ1) is 8.24. The maximum absolute atomic E-state index is 6.16. The first kappa shape index (κ1) is 12.0. The van der Waals surface area contributed by atoms with E-state index in [-0.39, 0.29) is 0 Å². The minimum Gasteiger partial charge on any atom is -0.352 e. The third-order valence-electron chi connectivity index (χ3n) is 2.24. The van der Waals surface area contributed by atoms with E-state index >= 15 is 0 Å². The topological polar surface area (TPSA) is 29.9 Å². The maximum atomic E-state index is 6.16. The molecular weight excluding hydrogens is 257 g/mol. The fourth-order valence-corrected chi connectivity index (χ4v) is 1.86. The molecule has 1 heterocycles. The van der Waals surface area contributed by atoms with Gasteiger partial charge in [0.1, 0.15) is 0 Å². The molecule has 3 nitrogen and oxygen atoms in total. The number of nitrogens with zero attached hydrogens (tertiary/aromatic N) is 2. The van der Waals surface area contributed by atoms with Crippen molar-refractivity contribution in [1.29, 1.82) is 0 Å². The second-order valence-corrected chi connectivity index (χ2v) is 4.15. The van der Waals surface area contributed by atoms with Gasteiger partial charge in [-0.1, -0.05) is 35.3 Å². The zero-order valence-electron chi connectivity index (χ0n) is 9.03. The summed E-state index contributed by atoms with van der Waals surface area (Å²) >= 11 is 12.1. The van der Waals surface area contributed by atoms with E-state index in [0.717, 1.165) is 5.69 Å². The quantitative estimate of drug-likeness (QED) is 0.855. The Labute approximate surface area is 110 Å². The van der Waals surface area contributed by atoms with Gasteiger partial charge in [0.25, 0.3) is 0 Å². The van der Waals surface area contributed by atoms with Gasteiger partial charge in [-0.2, -0.15) is 0 Å². The Morgan fingerprint density at radius 3 is 3.00 bits per heavy atom. The maximum Gasteiger partial charge on any atom is 0.207 e. The monoisotopic (exact) mass is 267 g/mol. The number of hydrogen-bond acceptors (Lipinski definition) is 2. The molecule has 0 amide bonds. The molecule has 0 aliphatic carbocycles. The molecule has 0 aliphatic heterocycles. The van der Waals surface area contributed by atoms with Crippen LogP contribution in [0.15, 0.2) is 43.2 Å². The summed E-state index contributed by atoms with van der Waals surface area (Å²) in [5.41, 5.74) is 0.795. The molecule has 0 saturated carbocycles. The lowest BCUT2D eigenvalue weighted by Crippen LogP contribution is -2.05. The average Bonchev–Trinajstić information content (AvgIpc) is 2.78. The third-order valence-corrected chi connectivity index (χ3v) is 3.04. The van der Waals surface area contributed by atoms with E-state index in [1.807, 2.05) is 22.9 Å². The number of benzene rings is 1. The standard InChI is InChI=1S/C12H11Cl2N3/c1-2-6-15-12-16-7-8-17(12)10-5-3-4-9(13)11(10)14/h2-5,7-8H,1,6H2,(H,15,16). The molecule has 88 valence electrons. The molecule has 0 fully saturated rings. The highest BCUT2D eigenvalue weighted by Crippen LogP contribution is 2.29. The van der Waals surface area contributed by atoms with Crippen LogP contribution in [0.4, 0.5) is 5.95 Å². The fourth-order valence-electron chi connectivity index (χ4n) is 1.47. The molecule has 0 bridgehead atoms. The van der Waals surface area contributed by atoms with Gasteiger partial charge in [0.15, 0.2) is 0 Å². The molecule has 2 aromatic rings. The molecule has 1 aromatic heterocycles. The highest BCUT2D eigenvalue weighted by molar-refractivity contribution is 6.43. The molecule has 0 saturated heterocycles. The Bertz CT molecular complexity index is 534. The minimum absolute atomic E-state index is 0.508. The van der Waals surface area contributed by atoms with Crippen LogP contribution in [0.2, 0.25) is 10.0 Å². The van der Waals surface area contributed by atoms with Crippen LogP contribution in [0, 0.1) is 0 Å². The summed E-state index contributed by atoms with van der Waals surface area (Å²) in [6, 6.07) is 5.48. The molecule has 17 heavy (non-hydrogen) atoms. The Morgan fingerprint density at radius 2 is 2.24 bits per heavy atom. The molecule has 5 heteroatoms. The lowest BCUT2D eigenvalue weighted by molar-refractivity contribution is 1.04. The number of imidazole rings is 1. The fraction of sp³-hybridized carbons (Fsp3) is 0.0833. The van der Waals surface area contributed by atoms with E-state index in [2.05, 4.69) is 16.9 Å². The molecule has 1 N–H and O–H groups in total. The average molecular weight is 268 g/mol. The van der Waals surface area contributed by atoms with Crippen molar-refractivity contribution in [2.75, 3.05) is 11.9 Å². The second-order valence-electron chi connectivity index (χ2n) is 3.36. The van der Waals surface area contributed by atoms with Crippen molar-refractivity contribution < 1.29 is 0 Å². The molecule has 1 aromatic carbocycles. The number of halogens is 2. The smallest absolute Gasteiger partial charge is 0.207 e. The summed E-state index contributed by atoms with van der Waals surface area (Å²) in [5.74, 6) is 0.703. The molecule has 0 unspecified atom stereocenters. The number of hydrogen-bond donors (Lipinski definition) is 1. The lowest BCUT2D eigenvalue weighted by atomic mass is 10.3.